The molecule has 2 N–H and O–H groups in total. The molecule has 1 unspecified atom stereocenters. The number of hydrogen-bond donors (Lipinski definition) is 2. The lowest BCUT2D eigenvalue weighted by Crippen LogP contribution is -2.54. The maximum Gasteiger partial charge on any atom is 0.319 e. The molecular formula is C19H32N4O2. The minimum atomic E-state index is -0.173. The zero-order valence-corrected chi connectivity index (χ0v) is 15.9. The Bertz CT molecular complexity index is 542. The number of nitrogens with zero attached hydrogens (tertiary/aromatic N) is 2. The van der Waals surface area contributed by atoms with E-state index in [1.165, 1.54) is 0 Å². The van der Waals surface area contributed by atoms with Crippen molar-refractivity contribution >= 4 is 11.7 Å². The highest BCUT2D eigenvalue weighted by molar-refractivity contribution is 5.89. The van der Waals surface area contributed by atoms with Crippen LogP contribution in [0.15, 0.2) is 24.3 Å². The van der Waals surface area contributed by atoms with E-state index in [2.05, 4.69) is 41.3 Å². The van der Waals surface area contributed by atoms with E-state index in [1.807, 2.05) is 31.2 Å². The normalized spacial score (nSPS) is 17.3. The molecule has 1 atom stereocenters. The topological polar surface area (TPSA) is 56.8 Å². The van der Waals surface area contributed by atoms with Gasteiger partial charge in [0.05, 0.1) is 6.61 Å². The maximum atomic E-state index is 12.3. The third-order valence-electron chi connectivity index (χ3n) is 4.65. The Morgan fingerprint density at radius 3 is 2.60 bits per heavy atom. The van der Waals surface area contributed by atoms with Crippen LogP contribution >= 0.6 is 0 Å². The van der Waals surface area contributed by atoms with E-state index in [9.17, 15) is 4.79 Å². The van der Waals surface area contributed by atoms with Crippen molar-refractivity contribution in [3.05, 3.63) is 24.3 Å². The van der Waals surface area contributed by atoms with E-state index in [4.69, 9.17) is 4.74 Å². The van der Waals surface area contributed by atoms with Crippen LogP contribution in [-0.4, -0.2) is 68.3 Å². The number of amides is 2. The molecule has 0 radical (unpaired) electrons. The molecule has 1 saturated heterocycles. The van der Waals surface area contributed by atoms with Crippen LogP contribution in [0.25, 0.3) is 0 Å². The molecule has 0 spiro atoms. The molecule has 1 fully saturated rings. The Morgan fingerprint density at radius 2 is 1.96 bits per heavy atom. The fourth-order valence-corrected chi connectivity index (χ4v) is 3.14. The maximum absolute atomic E-state index is 12.3. The number of nitrogens with one attached hydrogen (secondary N) is 2. The minimum absolute atomic E-state index is 0.173. The number of benzene rings is 1. The summed E-state index contributed by atoms with van der Waals surface area (Å²) in [4.78, 5) is 17.1. The highest BCUT2D eigenvalue weighted by Gasteiger charge is 2.25. The third-order valence-corrected chi connectivity index (χ3v) is 4.65. The molecule has 25 heavy (non-hydrogen) atoms. The summed E-state index contributed by atoms with van der Waals surface area (Å²) in [7, 11) is 2.16. The van der Waals surface area contributed by atoms with Crippen LogP contribution in [0.1, 0.15) is 20.8 Å². The second-order valence-electron chi connectivity index (χ2n) is 6.95. The van der Waals surface area contributed by atoms with E-state index >= 15 is 0 Å². The highest BCUT2D eigenvalue weighted by Crippen LogP contribution is 2.17. The van der Waals surface area contributed by atoms with E-state index in [-0.39, 0.29) is 6.03 Å². The molecule has 2 rings (SSSR count). The highest BCUT2D eigenvalue weighted by atomic mass is 16.5. The molecular weight excluding hydrogens is 316 g/mol. The first-order chi connectivity index (χ1) is 12.0. The predicted octanol–water partition coefficient (Wildman–Crippen LogP) is 2.48. The Labute approximate surface area is 151 Å². The van der Waals surface area contributed by atoms with Gasteiger partial charge in [0.2, 0.25) is 0 Å². The van der Waals surface area contributed by atoms with E-state index in [0.717, 1.165) is 37.6 Å². The first-order valence-electron chi connectivity index (χ1n) is 9.20. The lowest BCUT2D eigenvalue weighted by molar-refractivity contribution is 0.0890. The largest absolute Gasteiger partial charge is 0.494 e. The van der Waals surface area contributed by atoms with Gasteiger partial charge in [0.1, 0.15) is 5.75 Å². The second-order valence-corrected chi connectivity index (χ2v) is 6.95. The van der Waals surface area contributed by atoms with Crippen molar-refractivity contribution in [2.75, 3.05) is 51.7 Å². The van der Waals surface area contributed by atoms with Crippen molar-refractivity contribution in [1.29, 1.82) is 0 Å². The number of carbonyl (C=O) groups is 1. The molecule has 2 amide bonds. The summed E-state index contributed by atoms with van der Waals surface area (Å²) in [5.74, 6) is 1.25. The molecule has 0 aliphatic carbocycles. The van der Waals surface area contributed by atoms with Gasteiger partial charge in [0.15, 0.2) is 0 Å². The number of piperazine rings is 1. The van der Waals surface area contributed by atoms with Crippen LogP contribution in [0, 0.1) is 5.92 Å². The fourth-order valence-electron chi connectivity index (χ4n) is 3.14. The second kappa shape index (κ2) is 9.63. The smallest absolute Gasteiger partial charge is 0.319 e. The summed E-state index contributed by atoms with van der Waals surface area (Å²) in [5, 5.41) is 5.91. The van der Waals surface area contributed by atoms with Crippen molar-refractivity contribution < 1.29 is 9.53 Å². The van der Waals surface area contributed by atoms with Gasteiger partial charge in [-0.05, 0) is 32.0 Å². The Hall–Kier alpha value is -1.79. The molecule has 0 bridgehead atoms. The number of ether oxygens (including phenoxy) is 1. The summed E-state index contributed by atoms with van der Waals surface area (Å²) >= 11 is 0. The molecule has 0 aromatic heterocycles. The van der Waals surface area contributed by atoms with Crippen LogP contribution in [0.2, 0.25) is 0 Å². The molecule has 6 heteroatoms. The number of carbonyl (C=O) groups excluding carboxylic acids is 1. The average Bonchev–Trinajstić information content (AvgIpc) is 2.57. The van der Waals surface area contributed by atoms with Crippen molar-refractivity contribution in [3.63, 3.8) is 0 Å². The molecule has 1 aliphatic heterocycles. The standard InChI is InChI=1S/C19H32N4O2/c1-5-25-17-8-6-7-16(13-17)21-19(24)20-14-18(15(2)3)23-11-9-22(4)10-12-23/h6-8,13,15,18H,5,9-12,14H2,1-4H3,(H2,20,21,24). The Balaban J connectivity index is 1.85. The van der Waals surface area contributed by atoms with Crippen molar-refractivity contribution in [1.82, 2.24) is 15.1 Å². The van der Waals surface area contributed by atoms with Gasteiger partial charge in [-0.3, -0.25) is 4.90 Å². The summed E-state index contributed by atoms with van der Waals surface area (Å²) < 4.78 is 5.46. The van der Waals surface area contributed by atoms with E-state index in [0.29, 0.717) is 25.1 Å². The predicted molar refractivity (Wildman–Crippen MR) is 102 cm³/mol. The van der Waals surface area contributed by atoms with Crippen LogP contribution in [0.3, 0.4) is 0 Å². The van der Waals surface area contributed by atoms with E-state index < -0.39 is 0 Å². The van der Waals surface area contributed by atoms with Gasteiger partial charge in [-0.2, -0.15) is 0 Å². The van der Waals surface area contributed by atoms with Crippen LogP contribution in [-0.2, 0) is 0 Å². The van der Waals surface area contributed by atoms with Crippen molar-refractivity contribution in [2.24, 2.45) is 5.92 Å². The van der Waals surface area contributed by atoms with Gasteiger partial charge < -0.3 is 20.3 Å². The number of anilines is 1. The van der Waals surface area contributed by atoms with Crippen LogP contribution < -0.4 is 15.4 Å². The first kappa shape index (κ1) is 19.5. The zero-order chi connectivity index (χ0) is 18.2. The first-order valence-corrected chi connectivity index (χ1v) is 9.20. The minimum Gasteiger partial charge on any atom is -0.494 e. The monoisotopic (exact) mass is 348 g/mol. The van der Waals surface area contributed by atoms with Crippen molar-refractivity contribution in [3.8, 4) is 5.75 Å². The molecule has 140 valence electrons. The summed E-state index contributed by atoms with van der Waals surface area (Å²) in [5.41, 5.74) is 0.740. The van der Waals surface area contributed by atoms with Crippen LogP contribution in [0.5, 0.6) is 5.75 Å². The molecule has 0 saturated carbocycles. The van der Waals surface area contributed by atoms with Gasteiger partial charge in [-0.15, -0.1) is 0 Å². The summed E-state index contributed by atoms with van der Waals surface area (Å²) in [6.45, 7) is 11.9. The fraction of sp³-hybridized carbons (Fsp3) is 0.632. The quantitative estimate of drug-likeness (QED) is 0.795. The lowest BCUT2D eigenvalue weighted by Gasteiger charge is -2.39. The summed E-state index contributed by atoms with van der Waals surface area (Å²) in [6, 6.07) is 7.64. The lowest BCUT2D eigenvalue weighted by atomic mass is 10.0. The number of hydrogen-bond acceptors (Lipinski definition) is 4. The molecule has 1 heterocycles. The van der Waals surface area contributed by atoms with E-state index in [1.54, 1.807) is 0 Å². The zero-order valence-electron chi connectivity index (χ0n) is 15.9. The van der Waals surface area contributed by atoms with Gasteiger partial charge in [0.25, 0.3) is 0 Å². The average molecular weight is 348 g/mol. The molecule has 1 aromatic rings. The molecule has 1 aromatic carbocycles. The Kier molecular flexibility index (Phi) is 7.52. The molecule has 6 nitrogen and oxygen atoms in total. The van der Waals surface area contributed by atoms with Gasteiger partial charge >= 0.3 is 6.03 Å². The van der Waals surface area contributed by atoms with Crippen LogP contribution in [0.4, 0.5) is 10.5 Å². The number of rotatable bonds is 7. The SMILES string of the molecule is CCOc1cccc(NC(=O)NCC(C(C)C)N2CCN(C)CC2)c1. The van der Waals surface area contributed by atoms with Gasteiger partial charge in [-0.1, -0.05) is 19.9 Å². The number of likely N-dealkylation sites (N-methyl/N-ethyl adjacent to an activating group) is 1. The number of urea groups is 1. The van der Waals surface area contributed by atoms with Crippen molar-refractivity contribution in [2.45, 2.75) is 26.8 Å². The summed E-state index contributed by atoms with van der Waals surface area (Å²) in [6.07, 6.45) is 0. The molecule has 1 aliphatic rings. The van der Waals surface area contributed by atoms with Gasteiger partial charge in [0, 0.05) is 50.5 Å². The third kappa shape index (κ3) is 6.21. The van der Waals surface area contributed by atoms with Gasteiger partial charge in [-0.25, -0.2) is 4.79 Å². The Morgan fingerprint density at radius 1 is 1.24 bits per heavy atom.